The molecule has 1 N–H and O–H groups in total. The summed E-state index contributed by atoms with van der Waals surface area (Å²) in [6.07, 6.45) is 5.50. The molecule has 2 aliphatic rings. The third-order valence-corrected chi connectivity index (χ3v) is 4.83. The topological polar surface area (TPSA) is 50.7 Å². The van der Waals surface area contributed by atoms with E-state index in [4.69, 9.17) is 23.2 Å². The Hall–Kier alpha value is -0.610. The van der Waals surface area contributed by atoms with Crippen LogP contribution in [0.15, 0.2) is 0 Å². The molecule has 1 aromatic heterocycles. The molecule has 0 radical (unpaired) electrons. The molecule has 0 aliphatic heterocycles. The van der Waals surface area contributed by atoms with Gasteiger partial charge in [-0.2, -0.15) is 4.98 Å². The number of rotatable bonds is 3. The summed E-state index contributed by atoms with van der Waals surface area (Å²) in [7, 11) is 0. The van der Waals surface area contributed by atoms with E-state index in [0.717, 1.165) is 11.8 Å². The maximum atomic E-state index is 5.97. The number of nitrogens with one attached hydrogen (secondary N) is 1. The first-order valence-corrected chi connectivity index (χ1v) is 7.21. The van der Waals surface area contributed by atoms with Gasteiger partial charge in [-0.15, -0.1) is 10.2 Å². The molecule has 2 bridgehead atoms. The lowest BCUT2D eigenvalue weighted by atomic mass is 9.84. The molecule has 2 fully saturated rings. The SMILES string of the molecule is CC(Nc1nc(Cl)nnc1Cl)C1CC2CCC1C2. The van der Waals surface area contributed by atoms with Crippen molar-refractivity contribution in [2.45, 2.75) is 38.6 Å². The van der Waals surface area contributed by atoms with Gasteiger partial charge in [0.15, 0.2) is 11.0 Å². The largest absolute Gasteiger partial charge is 0.365 e. The monoisotopic (exact) mass is 286 g/mol. The fourth-order valence-electron chi connectivity index (χ4n) is 3.61. The van der Waals surface area contributed by atoms with E-state index < -0.39 is 0 Å². The number of nitrogens with zero attached hydrogens (tertiary/aromatic N) is 3. The Balaban J connectivity index is 1.70. The van der Waals surface area contributed by atoms with Crippen molar-refractivity contribution < 1.29 is 0 Å². The second-order valence-corrected chi connectivity index (χ2v) is 6.19. The second kappa shape index (κ2) is 4.82. The highest BCUT2D eigenvalue weighted by Gasteiger charge is 2.41. The van der Waals surface area contributed by atoms with Crippen molar-refractivity contribution in [1.29, 1.82) is 0 Å². The van der Waals surface area contributed by atoms with E-state index in [0.29, 0.717) is 17.8 Å². The minimum Gasteiger partial charge on any atom is -0.365 e. The first-order valence-electron chi connectivity index (χ1n) is 6.45. The smallest absolute Gasteiger partial charge is 0.245 e. The summed E-state index contributed by atoms with van der Waals surface area (Å²) in [5.74, 6) is 3.06. The third-order valence-electron chi connectivity index (χ3n) is 4.42. The van der Waals surface area contributed by atoms with Crippen LogP contribution >= 0.6 is 23.2 Å². The van der Waals surface area contributed by atoms with Gasteiger partial charge >= 0.3 is 0 Å². The zero-order valence-corrected chi connectivity index (χ0v) is 11.7. The van der Waals surface area contributed by atoms with Crippen LogP contribution in [0.3, 0.4) is 0 Å². The van der Waals surface area contributed by atoms with Crippen LogP contribution in [0.2, 0.25) is 10.4 Å². The van der Waals surface area contributed by atoms with Crippen molar-refractivity contribution >= 4 is 29.0 Å². The Morgan fingerprint density at radius 3 is 2.72 bits per heavy atom. The summed E-state index contributed by atoms with van der Waals surface area (Å²) in [5.41, 5.74) is 0. The molecule has 2 aliphatic carbocycles. The average molecular weight is 287 g/mol. The lowest BCUT2D eigenvalue weighted by Gasteiger charge is -2.28. The Morgan fingerprint density at radius 1 is 1.22 bits per heavy atom. The van der Waals surface area contributed by atoms with Crippen LogP contribution < -0.4 is 5.32 Å². The molecule has 0 saturated heterocycles. The zero-order valence-electron chi connectivity index (χ0n) is 10.2. The molecule has 2 saturated carbocycles. The van der Waals surface area contributed by atoms with Crippen molar-refractivity contribution in [3.05, 3.63) is 10.4 Å². The number of hydrogen-bond donors (Lipinski definition) is 1. The van der Waals surface area contributed by atoms with Crippen molar-refractivity contribution in [3.63, 3.8) is 0 Å². The zero-order chi connectivity index (χ0) is 12.7. The molecule has 0 spiro atoms. The molecule has 4 unspecified atom stereocenters. The molecule has 1 heterocycles. The molecule has 98 valence electrons. The van der Waals surface area contributed by atoms with Crippen LogP contribution in [-0.4, -0.2) is 21.2 Å². The van der Waals surface area contributed by atoms with E-state index in [2.05, 4.69) is 27.4 Å². The minimum atomic E-state index is 0.127. The summed E-state index contributed by atoms with van der Waals surface area (Å²) < 4.78 is 0. The first kappa shape index (κ1) is 12.4. The Labute approximate surface area is 116 Å². The summed E-state index contributed by atoms with van der Waals surface area (Å²) in [6, 6.07) is 0.352. The molecule has 18 heavy (non-hydrogen) atoms. The second-order valence-electron chi connectivity index (χ2n) is 5.49. The minimum absolute atomic E-state index is 0.127. The highest BCUT2D eigenvalue weighted by atomic mass is 35.5. The molecule has 0 aromatic carbocycles. The van der Waals surface area contributed by atoms with Crippen LogP contribution in [-0.2, 0) is 0 Å². The van der Waals surface area contributed by atoms with Crippen molar-refractivity contribution in [3.8, 4) is 0 Å². The van der Waals surface area contributed by atoms with Gasteiger partial charge in [0.2, 0.25) is 5.28 Å². The van der Waals surface area contributed by atoms with Gasteiger partial charge in [0.25, 0.3) is 0 Å². The molecule has 4 nitrogen and oxygen atoms in total. The lowest BCUT2D eigenvalue weighted by Crippen LogP contribution is -2.30. The normalized spacial score (nSPS) is 31.6. The van der Waals surface area contributed by atoms with Gasteiger partial charge in [0.1, 0.15) is 0 Å². The summed E-state index contributed by atoms with van der Waals surface area (Å²) in [5, 5.41) is 11.1. The predicted molar refractivity (Wildman–Crippen MR) is 71.9 cm³/mol. The van der Waals surface area contributed by atoms with Crippen LogP contribution in [0.5, 0.6) is 0 Å². The molecule has 1 aromatic rings. The Morgan fingerprint density at radius 2 is 2.06 bits per heavy atom. The van der Waals surface area contributed by atoms with Gasteiger partial charge in [-0.3, -0.25) is 0 Å². The Kier molecular flexibility index (Phi) is 3.32. The highest BCUT2D eigenvalue weighted by molar-refractivity contribution is 6.32. The quantitative estimate of drug-likeness (QED) is 0.925. The maximum absolute atomic E-state index is 5.97. The van der Waals surface area contributed by atoms with Crippen molar-refractivity contribution in [1.82, 2.24) is 15.2 Å². The van der Waals surface area contributed by atoms with Crippen LogP contribution in [0, 0.1) is 17.8 Å². The van der Waals surface area contributed by atoms with Gasteiger partial charge in [-0.1, -0.05) is 18.0 Å². The van der Waals surface area contributed by atoms with E-state index in [1.807, 2.05) is 0 Å². The molecule has 4 atom stereocenters. The average Bonchev–Trinajstić information content (AvgIpc) is 2.96. The molecule has 6 heteroatoms. The van der Waals surface area contributed by atoms with Crippen molar-refractivity contribution in [2.75, 3.05) is 5.32 Å². The van der Waals surface area contributed by atoms with Crippen LogP contribution in [0.4, 0.5) is 5.82 Å². The van der Waals surface area contributed by atoms with E-state index >= 15 is 0 Å². The summed E-state index contributed by atoms with van der Waals surface area (Å²) in [6.45, 7) is 2.19. The lowest BCUT2D eigenvalue weighted by molar-refractivity contribution is 0.304. The third kappa shape index (κ3) is 2.28. The van der Waals surface area contributed by atoms with Gasteiger partial charge in [0.05, 0.1) is 0 Å². The fraction of sp³-hybridized carbons (Fsp3) is 0.750. The van der Waals surface area contributed by atoms with Crippen LogP contribution in [0.25, 0.3) is 0 Å². The molecule has 0 amide bonds. The number of aromatic nitrogens is 3. The van der Waals surface area contributed by atoms with Crippen molar-refractivity contribution in [2.24, 2.45) is 17.8 Å². The maximum Gasteiger partial charge on any atom is 0.245 e. The summed E-state index contributed by atoms with van der Waals surface area (Å²) >= 11 is 11.7. The van der Waals surface area contributed by atoms with Gasteiger partial charge < -0.3 is 5.32 Å². The number of anilines is 1. The number of halogens is 2. The predicted octanol–water partition coefficient (Wildman–Crippen LogP) is 3.42. The number of fused-ring (bicyclic) bond motifs is 2. The fourth-order valence-corrected chi connectivity index (χ4v) is 3.87. The van der Waals surface area contributed by atoms with Gasteiger partial charge in [0, 0.05) is 6.04 Å². The van der Waals surface area contributed by atoms with E-state index in [-0.39, 0.29) is 10.4 Å². The van der Waals surface area contributed by atoms with E-state index in [1.54, 1.807) is 0 Å². The molecule has 3 rings (SSSR count). The molecular weight excluding hydrogens is 271 g/mol. The standard InChI is InChI=1S/C12H16Cl2N4/c1-6(9-5-7-2-3-8(9)4-7)15-11-10(13)17-18-12(14)16-11/h6-9H,2-5H2,1H3,(H,15,16,18). The van der Waals surface area contributed by atoms with Gasteiger partial charge in [-0.25, -0.2) is 0 Å². The van der Waals surface area contributed by atoms with E-state index in [9.17, 15) is 0 Å². The first-order chi connectivity index (χ1) is 8.63. The van der Waals surface area contributed by atoms with Gasteiger partial charge in [-0.05, 0) is 55.5 Å². The number of hydrogen-bond acceptors (Lipinski definition) is 4. The van der Waals surface area contributed by atoms with E-state index in [1.165, 1.54) is 25.7 Å². The van der Waals surface area contributed by atoms with Crippen LogP contribution in [0.1, 0.15) is 32.6 Å². The molecular formula is C12H16Cl2N4. The Bertz CT molecular complexity index is 454. The highest BCUT2D eigenvalue weighted by Crippen LogP contribution is 2.49. The summed E-state index contributed by atoms with van der Waals surface area (Å²) in [4.78, 5) is 4.09.